The van der Waals surface area contributed by atoms with Crippen LogP contribution in [-0.4, -0.2) is 65.8 Å². The molecule has 3 aromatic rings. The Morgan fingerprint density at radius 2 is 1.68 bits per heavy atom. The molecule has 8 rings (SSSR count). The summed E-state index contributed by atoms with van der Waals surface area (Å²) >= 11 is 9.93. The maximum absolute atomic E-state index is 14.0. The molecule has 2 bridgehead atoms. The van der Waals surface area contributed by atoms with Crippen LogP contribution < -0.4 is 14.5 Å². The number of aromatic amines is 1. The summed E-state index contributed by atoms with van der Waals surface area (Å²) < 4.78 is 13.4. The van der Waals surface area contributed by atoms with E-state index in [2.05, 4.69) is 36.8 Å². The quantitative estimate of drug-likeness (QED) is 0.370. The van der Waals surface area contributed by atoms with E-state index in [1.165, 1.54) is 16.2 Å². The first kappa shape index (κ1) is 29.0. The van der Waals surface area contributed by atoms with Crippen molar-refractivity contribution in [3.05, 3.63) is 71.5 Å². The Morgan fingerprint density at radius 1 is 0.977 bits per heavy atom. The van der Waals surface area contributed by atoms with Crippen LogP contribution in [0.15, 0.2) is 61.2 Å². The molecule has 44 heavy (non-hydrogen) atoms. The van der Waals surface area contributed by atoms with Crippen molar-refractivity contribution < 1.29 is 23.9 Å². The van der Waals surface area contributed by atoms with Gasteiger partial charge in [0.1, 0.15) is 5.75 Å². The molecule has 2 aliphatic carbocycles. The van der Waals surface area contributed by atoms with Gasteiger partial charge in [-0.25, -0.2) is 0 Å². The molecule has 3 amide bonds. The van der Waals surface area contributed by atoms with E-state index in [1.807, 2.05) is 30.3 Å². The van der Waals surface area contributed by atoms with Gasteiger partial charge in [0.15, 0.2) is 6.61 Å². The molecule has 0 spiro atoms. The minimum Gasteiger partial charge on any atom is -0.483 e. The van der Waals surface area contributed by atoms with E-state index >= 15 is 0 Å². The number of thioether (sulfide) groups is 1. The number of morpholine rings is 1. The van der Waals surface area contributed by atoms with E-state index in [0.717, 1.165) is 30.8 Å². The van der Waals surface area contributed by atoms with Gasteiger partial charge in [-0.05, 0) is 66.6 Å². The second kappa shape index (κ2) is 11.1. The number of benzene rings is 2. The van der Waals surface area contributed by atoms with E-state index < -0.39 is 5.92 Å². The van der Waals surface area contributed by atoms with Crippen LogP contribution in [0.3, 0.4) is 0 Å². The predicted octanol–water partition coefficient (Wildman–Crippen LogP) is 4.88. The Morgan fingerprint density at radius 3 is 2.43 bits per heavy atom. The van der Waals surface area contributed by atoms with Gasteiger partial charge >= 0.3 is 4.87 Å². The highest BCUT2D eigenvalue weighted by Crippen LogP contribution is 2.69. The number of anilines is 1. The Balaban J connectivity index is 1.16. The number of amides is 3. The van der Waals surface area contributed by atoms with Crippen LogP contribution in [0.25, 0.3) is 0 Å². The number of imide groups is 1. The largest absolute Gasteiger partial charge is 0.483 e. The molecule has 3 aliphatic heterocycles. The SMILES string of the molecule is O=C(COc1ccc(Br)cc1[C@H]1c2sc(=O)[nH]c2SC2C1[C@H]1C[C@@H]2C2C(=O)N(c3ccc(Br)cc3)C(=O)C21)N1CCOCC1. The molecule has 5 aliphatic rings. The fourth-order valence-corrected chi connectivity index (χ4v) is 11.7. The number of thiazole rings is 1. The van der Waals surface area contributed by atoms with Crippen LogP contribution >= 0.6 is 55.0 Å². The fourth-order valence-electron chi connectivity index (χ4n) is 8.15. The molecule has 4 heterocycles. The number of nitrogens with one attached hydrogen (secondary N) is 1. The van der Waals surface area contributed by atoms with Crippen molar-refractivity contribution in [3.8, 4) is 5.75 Å². The molecular weight excluding hydrogens is 734 g/mol. The highest BCUT2D eigenvalue weighted by Gasteiger charge is 2.69. The first-order valence-corrected chi connectivity index (χ1v) is 17.9. The number of carbonyl (C=O) groups excluding carboxylic acids is 3. The molecule has 1 N–H and O–H groups in total. The third kappa shape index (κ3) is 4.56. The summed E-state index contributed by atoms with van der Waals surface area (Å²) in [5, 5.41) is 0.875. The number of rotatable bonds is 5. The van der Waals surface area contributed by atoms with E-state index in [1.54, 1.807) is 28.8 Å². The normalized spacial score (nSPS) is 30.4. The number of ether oxygens (including phenoxy) is 2. The summed E-state index contributed by atoms with van der Waals surface area (Å²) in [5.41, 5.74) is 1.48. The minimum atomic E-state index is -0.405. The zero-order valence-corrected chi connectivity index (χ0v) is 28.0. The lowest BCUT2D eigenvalue weighted by Crippen LogP contribution is -2.43. The summed E-state index contributed by atoms with van der Waals surface area (Å²) in [6.07, 6.45) is 0.790. The van der Waals surface area contributed by atoms with Gasteiger partial charge in [-0.3, -0.25) is 24.1 Å². The lowest BCUT2D eigenvalue weighted by Gasteiger charge is -2.43. The van der Waals surface area contributed by atoms with Crippen molar-refractivity contribution in [3.63, 3.8) is 0 Å². The first-order chi connectivity index (χ1) is 21.3. The Hall–Kier alpha value is -2.45. The topological polar surface area (TPSA) is 109 Å². The van der Waals surface area contributed by atoms with E-state index in [0.29, 0.717) is 37.7 Å². The average Bonchev–Trinajstić information content (AvgIpc) is 3.76. The number of H-pyrrole nitrogens is 1. The van der Waals surface area contributed by atoms with Crippen LogP contribution in [0.2, 0.25) is 0 Å². The Bertz CT molecular complexity index is 1740. The van der Waals surface area contributed by atoms with Gasteiger partial charge in [-0.1, -0.05) is 43.2 Å². The molecule has 1 aromatic heterocycles. The summed E-state index contributed by atoms with van der Waals surface area (Å²) in [6.45, 7) is 1.99. The molecule has 7 atom stereocenters. The highest BCUT2D eigenvalue weighted by molar-refractivity contribution is 9.10. The van der Waals surface area contributed by atoms with Crippen molar-refractivity contribution in [1.29, 1.82) is 0 Å². The van der Waals surface area contributed by atoms with Crippen LogP contribution in [0.1, 0.15) is 22.8 Å². The van der Waals surface area contributed by atoms with Gasteiger partial charge < -0.3 is 19.4 Å². The van der Waals surface area contributed by atoms with Gasteiger partial charge in [0.2, 0.25) is 11.8 Å². The number of hydrogen-bond donors (Lipinski definition) is 1. The summed E-state index contributed by atoms with van der Waals surface area (Å²) in [7, 11) is 0. The molecule has 4 unspecified atom stereocenters. The molecule has 0 radical (unpaired) electrons. The second-order valence-corrected chi connectivity index (χ2v) is 15.9. The number of fused-ring (bicyclic) bond motifs is 9. The number of halogens is 2. The summed E-state index contributed by atoms with van der Waals surface area (Å²) in [6, 6.07) is 13.1. The second-order valence-electron chi connectivity index (χ2n) is 11.9. The molecule has 2 aromatic carbocycles. The van der Waals surface area contributed by atoms with Gasteiger partial charge in [0, 0.05) is 43.6 Å². The average molecular weight is 762 g/mol. The smallest absolute Gasteiger partial charge is 0.305 e. The number of nitrogens with zero attached hydrogens (tertiary/aromatic N) is 2. The summed E-state index contributed by atoms with van der Waals surface area (Å²) in [5.74, 6) is -0.787. The van der Waals surface area contributed by atoms with Crippen molar-refractivity contribution in [2.24, 2.45) is 29.6 Å². The van der Waals surface area contributed by atoms with E-state index in [-0.39, 0.29) is 64.0 Å². The van der Waals surface area contributed by atoms with Crippen molar-refractivity contribution in [2.75, 3.05) is 37.8 Å². The molecule has 4 fully saturated rings. The Kier molecular flexibility index (Phi) is 7.32. The number of aromatic nitrogens is 1. The van der Waals surface area contributed by atoms with Crippen molar-refractivity contribution in [2.45, 2.75) is 22.6 Å². The minimum absolute atomic E-state index is 0.00960. The van der Waals surface area contributed by atoms with Gasteiger partial charge in [0.05, 0.1) is 35.8 Å². The highest BCUT2D eigenvalue weighted by atomic mass is 79.9. The zero-order valence-electron chi connectivity index (χ0n) is 23.2. The molecule has 13 heteroatoms. The molecule has 2 saturated carbocycles. The molecule has 9 nitrogen and oxygen atoms in total. The molecular formula is C31H27Br2N3O6S2. The monoisotopic (exact) mass is 759 g/mol. The maximum Gasteiger partial charge on any atom is 0.305 e. The van der Waals surface area contributed by atoms with Crippen LogP contribution in [0.4, 0.5) is 5.69 Å². The van der Waals surface area contributed by atoms with Crippen molar-refractivity contribution in [1.82, 2.24) is 9.88 Å². The zero-order chi connectivity index (χ0) is 30.3. The Labute approximate surface area is 277 Å². The standard InChI is InChI=1S/C31H27Br2N3O6S2/c32-14-1-4-16(5-2-14)36-29(38)24-18-12-19(25(24)30(36)39)26-23(18)22(27-28(43-26)34-31(40)44-27)17-11-15(33)3-6-20(17)42-13-21(37)35-7-9-41-10-8-35/h1-6,11,18-19,22-26H,7-10,12-13H2,(H,34,40)/t18-,19-,22-,23?,24?,25?,26?/m1/s1. The van der Waals surface area contributed by atoms with Crippen LogP contribution in [0.5, 0.6) is 5.75 Å². The van der Waals surface area contributed by atoms with Crippen LogP contribution in [-0.2, 0) is 19.1 Å². The van der Waals surface area contributed by atoms with E-state index in [9.17, 15) is 19.2 Å². The predicted molar refractivity (Wildman–Crippen MR) is 172 cm³/mol. The van der Waals surface area contributed by atoms with E-state index in [4.69, 9.17) is 9.47 Å². The number of carbonyl (C=O) groups is 3. The third-order valence-electron chi connectivity index (χ3n) is 9.83. The fraction of sp³-hybridized carbons (Fsp3) is 0.419. The molecule has 228 valence electrons. The molecule has 2 saturated heterocycles. The van der Waals surface area contributed by atoms with Gasteiger partial charge in [-0.2, -0.15) is 0 Å². The van der Waals surface area contributed by atoms with Crippen molar-refractivity contribution >= 4 is 78.4 Å². The first-order valence-electron chi connectivity index (χ1n) is 14.6. The lowest BCUT2D eigenvalue weighted by molar-refractivity contribution is -0.137. The van der Waals surface area contributed by atoms with Gasteiger partial charge in [0.25, 0.3) is 5.91 Å². The van der Waals surface area contributed by atoms with Crippen LogP contribution in [0, 0.1) is 29.6 Å². The maximum atomic E-state index is 14.0. The van der Waals surface area contributed by atoms with Gasteiger partial charge in [-0.15, -0.1) is 11.8 Å². The summed E-state index contributed by atoms with van der Waals surface area (Å²) in [4.78, 5) is 60.6. The lowest BCUT2D eigenvalue weighted by atomic mass is 9.68. The number of hydrogen-bond acceptors (Lipinski definition) is 8. The third-order valence-corrected chi connectivity index (χ3v) is 13.4.